The third-order valence-electron chi connectivity index (χ3n) is 2.95. The van der Waals surface area contributed by atoms with Gasteiger partial charge in [-0.1, -0.05) is 24.4 Å². The van der Waals surface area contributed by atoms with Crippen molar-refractivity contribution in [3.63, 3.8) is 0 Å². The lowest BCUT2D eigenvalue weighted by molar-refractivity contribution is 1.19. The van der Waals surface area contributed by atoms with Crippen LogP contribution in [0.2, 0.25) is 0 Å². The number of rotatable bonds is 3. The lowest BCUT2D eigenvalue weighted by Gasteiger charge is -2.13. The lowest BCUT2D eigenvalue weighted by Crippen LogP contribution is -2.13. The highest BCUT2D eigenvalue weighted by atomic mass is 32.1. The minimum atomic E-state index is 0.348. The van der Waals surface area contributed by atoms with Crippen molar-refractivity contribution in [3.8, 4) is 0 Å². The molecule has 0 atom stereocenters. The summed E-state index contributed by atoms with van der Waals surface area (Å²) in [6, 6.07) is 10.1. The fraction of sp³-hybridized carbons (Fsp3) is 0.200. The number of aryl methyl sites for hydroxylation is 3. The van der Waals surface area contributed by atoms with Crippen molar-refractivity contribution in [1.82, 2.24) is 4.98 Å². The Bertz CT molecular complexity index is 635. The first-order chi connectivity index (χ1) is 8.97. The Morgan fingerprint density at radius 2 is 1.89 bits per heavy atom. The van der Waals surface area contributed by atoms with Crippen molar-refractivity contribution in [2.75, 3.05) is 5.32 Å². The maximum absolute atomic E-state index is 5.74. The van der Waals surface area contributed by atoms with Crippen LogP contribution in [0.4, 0.5) is 11.5 Å². The molecule has 0 spiro atoms. The smallest absolute Gasteiger partial charge is 0.140 e. The number of thiocarbonyl (C=S) groups is 1. The minimum Gasteiger partial charge on any atom is -0.389 e. The van der Waals surface area contributed by atoms with E-state index in [1.54, 1.807) is 0 Å². The standard InChI is InChI=1S/C15H17N3S/c1-9-4-5-10(2)13(8-9)18-15-12(14(16)19)7-6-11(3)17-15/h4-8H,1-3H3,(H2,16,19)(H,17,18). The van der Waals surface area contributed by atoms with E-state index in [9.17, 15) is 0 Å². The monoisotopic (exact) mass is 271 g/mol. The van der Waals surface area contributed by atoms with Gasteiger partial charge in [0.25, 0.3) is 0 Å². The SMILES string of the molecule is Cc1ccc(C)c(Nc2nc(C)ccc2C(N)=S)c1. The maximum atomic E-state index is 5.74. The zero-order chi connectivity index (χ0) is 14.0. The Labute approximate surface area is 118 Å². The predicted octanol–water partition coefficient (Wildman–Crippen LogP) is 3.38. The molecule has 1 aromatic heterocycles. The molecule has 4 heteroatoms. The third-order valence-corrected chi connectivity index (χ3v) is 3.17. The van der Waals surface area contributed by atoms with Crippen LogP contribution in [0.5, 0.6) is 0 Å². The molecule has 0 radical (unpaired) electrons. The summed E-state index contributed by atoms with van der Waals surface area (Å²) in [7, 11) is 0. The predicted molar refractivity (Wildman–Crippen MR) is 84.1 cm³/mol. The number of aromatic nitrogens is 1. The first-order valence-corrected chi connectivity index (χ1v) is 6.50. The maximum Gasteiger partial charge on any atom is 0.140 e. The van der Waals surface area contributed by atoms with E-state index in [1.165, 1.54) is 5.56 Å². The van der Waals surface area contributed by atoms with Crippen LogP contribution >= 0.6 is 12.2 Å². The van der Waals surface area contributed by atoms with Crippen LogP contribution in [-0.4, -0.2) is 9.97 Å². The van der Waals surface area contributed by atoms with E-state index in [0.29, 0.717) is 10.8 Å². The van der Waals surface area contributed by atoms with Crippen molar-refractivity contribution in [3.05, 3.63) is 52.7 Å². The Morgan fingerprint density at radius 3 is 2.58 bits per heavy atom. The normalized spacial score (nSPS) is 10.3. The number of pyridine rings is 1. The number of benzene rings is 1. The molecule has 0 aliphatic carbocycles. The van der Waals surface area contributed by atoms with Gasteiger partial charge in [-0.3, -0.25) is 0 Å². The Balaban J connectivity index is 2.45. The Morgan fingerprint density at radius 1 is 1.16 bits per heavy atom. The minimum absolute atomic E-state index is 0.348. The molecule has 2 aromatic rings. The molecule has 0 bridgehead atoms. The number of hydrogen-bond donors (Lipinski definition) is 2. The van der Waals surface area contributed by atoms with E-state index < -0.39 is 0 Å². The topological polar surface area (TPSA) is 50.9 Å². The second kappa shape index (κ2) is 5.36. The molecule has 3 N–H and O–H groups in total. The molecule has 0 fully saturated rings. The number of hydrogen-bond acceptors (Lipinski definition) is 3. The molecule has 0 saturated heterocycles. The van der Waals surface area contributed by atoms with Crippen molar-refractivity contribution in [1.29, 1.82) is 0 Å². The second-order valence-electron chi connectivity index (χ2n) is 4.66. The van der Waals surface area contributed by atoms with Crippen molar-refractivity contribution < 1.29 is 0 Å². The van der Waals surface area contributed by atoms with Crippen LogP contribution in [0.15, 0.2) is 30.3 Å². The molecule has 0 amide bonds. The van der Waals surface area contributed by atoms with Crippen molar-refractivity contribution in [2.24, 2.45) is 5.73 Å². The highest BCUT2D eigenvalue weighted by Gasteiger charge is 2.09. The number of nitrogens with two attached hydrogens (primary N) is 1. The van der Waals surface area contributed by atoms with Gasteiger partial charge in [0.15, 0.2) is 0 Å². The van der Waals surface area contributed by atoms with Gasteiger partial charge in [-0.15, -0.1) is 0 Å². The summed E-state index contributed by atoms with van der Waals surface area (Å²) >= 11 is 5.07. The second-order valence-corrected chi connectivity index (χ2v) is 5.10. The summed E-state index contributed by atoms with van der Waals surface area (Å²) in [5.74, 6) is 0.709. The molecule has 0 unspecified atom stereocenters. The van der Waals surface area contributed by atoms with Gasteiger partial charge in [0.1, 0.15) is 10.8 Å². The molecule has 3 nitrogen and oxygen atoms in total. The van der Waals surface area contributed by atoms with Gasteiger partial charge >= 0.3 is 0 Å². The van der Waals surface area contributed by atoms with Crippen LogP contribution in [0, 0.1) is 20.8 Å². The third kappa shape index (κ3) is 3.09. The van der Waals surface area contributed by atoms with E-state index >= 15 is 0 Å². The highest BCUT2D eigenvalue weighted by Crippen LogP contribution is 2.23. The molecular formula is C15H17N3S. The molecule has 19 heavy (non-hydrogen) atoms. The first kappa shape index (κ1) is 13.5. The zero-order valence-corrected chi connectivity index (χ0v) is 12.1. The number of nitrogens with zero attached hydrogens (tertiary/aromatic N) is 1. The van der Waals surface area contributed by atoms with Crippen molar-refractivity contribution in [2.45, 2.75) is 20.8 Å². The zero-order valence-electron chi connectivity index (χ0n) is 11.3. The Hall–Kier alpha value is -1.94. The molecule has 1 aromatic carbocycles. The molecule has 0 aliphatic heterocycles. The van der Waals surface area contributed by atoms with Crippen LogP contribution in [0.1, 0.15) is 22.4 Å². The van der Waals surface area contributed by atoms with Gasteiger partial charge < -0.3 is 11.1 Å². The van der Waals surface area contributed by atoms with Gasteiger partial charge in [-0.05, 0) is 50.1 Å². The van der Waals surface area contributed by atoms with Crippen LogP contribution in [0.3, 0.4) is 0 Å². The molecule has 1 heterocycles. The molecule has 0 saturated carbocycles. The molecule has 98 valence electrons. The fourth-order valence-corrected chi connectivity index (χ4v) is 2.01. The van der Waals surface area contributed by atoms with E-state index in [-0.39, 0.29) is 0 Å². The van der Waals surface area contributed by atoms with Crippen LogP contribution in [0.25, 0.3) is 0 Å². The quantitative estimate of drug-likeness (QED) is 0.840. The average molecular weight is 271 g/mol. The summed E-state index contributed by atoms with van der Waals surface area (Å²) in [5, 5.41) is 3.33. The van der Waals surface area contributed by atoms with Gasteiger partial charge in [-0.25, -0.2) is 4.98 Å². The molecular weight excluding hydrogens is 254 g/mol. The van der Waals surface area contributed by atoms with E-state index in [2.05, 4.69) is 42.3 Å². The van der Waals surface area contributed by atoms with Gasteiger partial charge in [0.2, 0.25) is 0 Å². The summed E-state index contributed by atoms with van der Waals surface area (Å²) < 4.78 is 0. The van der Waals surface area contributed by atoms with Crippen LogP contribution in [-0.2, 0) is 0 Å². The van der Waals surface area contributed by atoms with Crippen molar-refractivity contribution >= 4 is 28.7 Å². The summed E-state index contributed by atoms with van der Waals surface area (Å²) in [6.07, 6.45) is 0. The number of anilines is 2. The van der Waals surface area contributed by atoms with Gasteiger partial charge in [0, 0.05) is 11.4 Å². The molecule has 2 rings (SSSR count). The van der Waals surface area contributed by atoms with E-state index in [1.807, 2.05) is 19.1 Å². The Kier molecular flexibility index (Phi) is 3.81. The van der Waals surface area contributed by atoms with Crippen LogP contribution < -0.4 is 11.1 Å². The fourth-order valence-electron chi connectivity index (χ4n) is 1.85. The number of nitrogens with one attached hydrogen (secondary N) is 1. The summed E-state index contributed by atoms with van der Waals surface area (Å²) in [6.45, 7) is 6.05. The largest absolute Gasteiger partial charge is 0.389 e. The summed E-state index contributed by atoms with van der Waals surface area (Å²) in [5.41, 5.74) is 10.8. The average Bonchev–Trinajstić information content (AvgIpc) is 2.33. The van der Waals surface area contributed by atoms with E-state index in [0.717, 1.165) is 22.5 Å². The molecule has 0 aliphatic rings. The van der Waals surface area contributed by atoms with Gasteiger partial charge in [0.05, 0.1) is 5.56 Å². The first-order valence-electron chi connectivity index (χ1n) is 6.09. The van der Waals surface area contributed by atoms with E-state index in [4.69, 9.17) is 18.0 Å². The lowest BCUT2D eigenvalue weighted by atomic mass is 10.1. The van der Waals surface area contributed by atoms with Gasteiger partial charge in [-0.2, -0.15) is 0 Å². The highest BCUT2D eigenvalue weighted by molar-refractivity contribution is 7.80. The summed E-state index contributed by atoms with van der Waals surface area (Å²) in [4.78, 5) is 4.83.